The maximum Gasteiger partial charge on any atom is 0.317 e. The fourth-order valence-corrected chi connectivity index (χ4v) is 4.78. The molecule has 6 heteroatoms. The summed E-state index contributed by atoms with van der Waals surface area (Å²) in [7, 11) is 0. The Morgan fingerprint density at radius 1 is 1.29 bits per heavy atom. The van der Waals surface area contributed by atoms with Gasteiger partial charge in [-0.3, -0.25) is 4.90 Å². The van der Waals surface area contributed by atoms with Gasteiger partial charge in [0.25, 0.3) is 0 Å². The molecule has 132 valence electrons. The number of rotatable bonds is 5. The van der Waals surface area contributed by atoms with Crippen molar-refractivity contribution >= 4 is 17.4 Å². The second-order valence-corrected chi connectivity index (χ2v) is 8.62. The van der Waals surface area contributed by atoms with Crippen LogP contribution in [0.25, 0.3) is 0 Å². The quantitative estimate of drug-likeness (QED) is 0.888. The van der Waals surface area contributed by atoms with Crippen molar-refractivity contribution in [3.63, 3.8) is 0 Å². The number of carbonyl (C=O) groups is 1. The minimum absolute atomic E-state index is 0.110. The number of ether oxygens (including phenoxy) is 1. The molecule has 1 aromatic rings. The Kier molecular flexibility index (Phi) is 4.79. The molecule has 1 atom stereocenters. The van der Waals surface area contributed by atoms with Crippen LogP contribution < -0.4 is 5.32 Å². The number of carbonyl (C=O) groups excluding carboxylic acids is 1. The molecule has 0 radical (unpaired) electrons. The molecule has 1 aromatic heterocycles. The number of urea groups is 1. The van der Waals surface area contributed by atoms with Crippen LogP contribution >= 0.6 is 11.3 Å². The number of thiophene rings is 1. The molecule has 3 heterocycles. The SMILES string of the molecule is Cc1ccc(C(CNC(=O)N2CC(C3CC3)C2)N2CCOCC2)s1. The zero-order valence-electron chi connectivity index (χ0n) is 14.4. The van der Waals surface area contributed by atoms with Crippen LogP contribution in [0.1, 0.15) is 28.6 Å². The molecule has 1 saturated carbocycles. The van der Waals surface area contributed by atoms with Crippen molar-refractivity contribution in [1.29, 1.82) is 0 Å². The maximum atomic E-state index is 12.4. The first kappa shape index (κ1) is 16.4. The van der Waals surface area contributed by atoms with Crippen LogP contribution in [0.5, 0.6) is 0 Å². The van der Waals surface area contributed by atoms with E-state index in [4.69, 9.17) is 4.74 Å². The molecule has 3 aliphatic rings. The summed E-state index contributed by atoms with van der Waals surface area (Å²) in [6.45, 7) is 8.17. The Bertz CT molecular complexity index is 575. The highest BCUT2D eigenvalue weighted by molar-refractivity contribution is 7.12. The van der Waals surface area contributed by atoms with Crippen molar-refractivity contribution in [3.05, 3.63) is 21.9 Å². The molecule has 0 spiro atoms. The molecule has 3 fully saturated rings. The molecule has 4 rings (SSSR count). The maximum absolute atomic E-state index is 12.4. The number of nitrogens with one attached hydrogen (secondary N) is 1. The van der Waals surface area contributed by atoms with Crippen LogP contribution in [0.15, 0.2) is 12.1 Å². The van der Waals surface area contributed by atoms with E-state index in [9.17, 15) is 4.79 Å². The van der Waals surface area contributed by atoms with E-state index in [-0.39, 0.29) is 12.1 Å². The fraction of sp³-hybridized carbons (Fsp3) is 0.722. The topological polar surface area (TPSA) is 44.8 Å². The Morgan fingerprint density at radius 2 is 2.04 bits per heavy atom. The van der Waals surface area contributed by atoms with Crippen LogP contribution in [0, 0.1) is 18.8 Å². The van der Waals surface area contributed by atoms with Crippen molar-refractivity contribution < 1.29 is 9.53 Å². The van der Waals surface area contributed by atoms with Crippen LogP contribution in [-0.4, -0.2) is 61.8 Å². The smallest absolute Gasteiger partial charge is 0.317 e. The monoisotopic (exact) mass is 349 g/mol. The number of amides is 2. The highest BCUT2D eigenvalue weighted by Crippen LogP contribution is 2.41. The van der Waals surface area contributed by atoms with Gasteiger partial charge in [-0.1, -0.05) is 0 Å². The van der Waals surface area contributed by atoms with Crippen LogP contribution in [0.2, 0.25) is 0 Å². The standard InChI is InChI=1S/C18H27N3O2S/c1-13-2-5-17(24-13)16(20-6-8-23-9-7-20)10-19-18(22)21-11-15(12-21)14-3-4-14/h2,5,14-16H,3-4,6-12H2,1H3,(H,19,22). The van der Waals surface area contributed by atoms with Gasteiger partial charge in [-0.15, -0.1) is 11.3 Å². The van der Waals surface area contributed by atoms with Gasteiger partial charge >= 0.3 is 6.03 Å². The summed E-state index contributed by atoms with van der Waals surface area (Å²) in [5.74, 6) is 1.68. The van der Waals surface area contributed by atoms with E-state index >= 15 is 0 Å². The fourth-order valence-electron chi connectivity index (χ4n) is 3.77. The van der Waals surface area contributed by atoms with Gasteiger partial charge in [-0.25, -0.2) is 4.79 Å². The molecule has 2 amide bonds. The van der Waals surface area contributed by atoms with E-state index in [2.05, 4.69) is 29.3 Å². The van der Waals surface area contributed by atoms with Gasteiger partial charge in [0.15, 0.2) is 0 Å². The molecule has 0 bridgehead atoms. The third kappa shape index (κ3) is 3.60. The lowest BCUT2D eigenvalue weighted by Gasteiger charge is -2.40. The number of aryl methyl sites for hydroxylation is 1. The minimum atomic E-state index is 0.110. The molecule has 1 N–H and O–H groups in total. The summed E-state index contributed by atoms with van der Waals surface area (Å²) in [5.41, 5.74) is 0. The minimum Gasteiger partial charge on any atom is -0.379 e. The van der Waals surface area contributed by atoms with E-state index < -0.39 is 0 Å². The van der Waals surface area contributed by atoms with Crippen molar-refractivity contribution in [2.45, 2.75) is 25.8 Å². The van der Waals surface area contributed by atoms with E-state index in [1.165, 1.54) is 22.6 Å². The van der Waals surface area contributed by atoms with E-state index in [0.717, 1.165) is 51.2 Å². The van der Waals surface area contributed by atoms with E-state index in [1.54, 1.807) is 0 Å². The first-order valence-electron chi connectivity index (χ1n) is 9.11. The third-order valence-corrected chi connectivity index (χ3v) is 6.61. The molecule has 24 heavy (non-hydrogen) atoms. The van der Waals surface area contributed by atoms with Gasteiger partial charge < -0.3 is 15.0 Å². The third-order valence-electron chi connectivity index (χ3n) is 5.51. The van der Waals surface area contributed by atoms with Gasteiger partial charge in [0.2, 0.25) is 0 Å². The van der Waals surface area contributed by atoms with Gasteiger partial charge in [0, 0.05) is 42.5 Å². The molecule has 2 aliphatic heterocycles. The van der Waals surface area contributed by atoms with Gasteiger partial charge in [0.05, 0.1) is 19.3 Å². The number of hydrogen-bond donors (Lipinski definition) is 1. The van der Waals surface area contributed by atoms with Crippen molar-refractivity contribution in [1.82, 2.24) is 15.1 Å². The number of morpholine rings is 1. The number of likely N-dealkylation sites (tertiary alicyclic amines) is 1. The second-order valence-electron chi connectivity index (χ2n) is 7.30. The molecule has 1 aliphatic carbocycles. The van der Waals surface area contributed by atoms with Gasteiger partial charge in [0.1, 0.15) is 0 Å². The molecular weight excluding hydrogens is 322 g/mol. The summed E-state index contributed by atoms with van der Waals surface area (Å²) in [5, 5.41) is 3.18. The van der Waals surface area contributed by atoms with Gasteiger partial charge in [-0.05, 0) is 43.7 Å². The lowest BCUT2D eigenvalue weighted by molar-refractivity contribution is 0.0167. The first-order valence-corrected chi connectivity index (χ1v) is 9.93. The molecule has 2 saturated heterocycles. The molecule has 0 aromatic carbocycles. The van der Waals surface area contributed by atoms with Crippen molar-refractivity contribution in [2.75, 3.05) is 45.9 Å². The van der Waals surface area contributed by atoms with E-state index in [1.807, 2.05) is 16.2 Å². The average molecular weight is 350 g/mol. The predicted molar refractivity (Wildman–Crippen MR) is 95.4 cm³/mol. The Balaban J connectivity index is 1.33. The molecule has 5 nitrogen and oxygen atoms in total. The van der Waals surface area contributed by atoms with Crippen molar-refractivity contribution in [2.24, 2.45) is 11.8 Å². The van der Waals surface area contributed by atoms with Crippen LogP contribution in [0.4, 0.5) is 4.79 Å². The second kappa shape index (κ2) is 7.02. The van der Waals surface area contributed by atoms with Crippen LogP contribution in [-0.2, 0) is 4.74 Å². The predicted octanol–water partition coefficient (Wildman–Crippen LogP) is 2.48. The zero-order valence-corrected chi connectivity index (χ0v) is 15.2. The highest BCUT2D eigenvalue weighted by Gasteiger charge is 2.41. The number of hydrogen-bond acceptors (Lipinski definition) is 4. The van der Waals surface area contributed by atoms with Crippen LogP contribution in [0.3, 0.4) is 0 Å². The van der Waals surface area contributed by atoms with Gasteiger partial charge in [-0.2, -0.15) is 0 Å². The summed E-state index contributed by atoms with van der Waals surface area (Å²) in [6, 6.07) is 4.75. The Hall–Kier alpha value is -1.11. The first-order chi connectivity index (χ1) is 11.7. The molecular formula is C18H27N3O2S. The number of nitrogens with zero attached hydrogens (tertiary/aromatic N) is 2. The lowest BCUT2D eigenvalue weighted by Crippen LogP contribution is -2.55. The summed E-state index contributed by atoms with van der Waals surface area (Å²) >= 11 is 1.83. The zero-order chi connectivity index (χ0) is 16.5. The Morgan fingerprint density at radius 3 is 2.67 bits per heavy atom. The largest absolute Gasteiger partial charge is 0.379 e. The average Bonchev–Trinajstić information content (AvgIpc) is 3.28. The van der Waals surface area contributed by atoms with Crippen molar-refractivity contribution in [3.8, 4) is 0 Å². The lowest BCUT2D eigenvalue weighted by atomic mass is 9.95. The highest BCUT2D eigenvalue weighted by atomic mass is 32.1. The molecule has 1 unspecified atom stereocenters. The van der Waals surface area contributed by atoms with E-state index in [0.29, 0.717) is 6.54 Å². The summed E-state index contributed by atoms with van der Waals surface area (Å²) < 4.78 is 5.49. The summed E-state index contributed by atoms with van der Waals surface area (Å²) in [6.07, 6.45) is 2.74. The summed E-state index contributed by atoms with van der Waals surface area (Å²) in [4.78, 5) is 19.5. The normalized spacial score (nSPS) is 23.8. The Labute approximate surface area is 148 Å².